The third kappa shape index (κ3) is 2.61. The molecule has 0 saturated heterocycles. The lowest BCUT2D eigenvalue weighted by atomic mass is 10.0. The SMILES string of the molecule is O=C(O)c1ccc(Cl)c(-c2cc(Cl)ccc2Cl)c1. The highest BCUT2D eigenvalue weighted by Gasteiger charge is 2.12. The predicted octanol–water partition coefficient (Wildman–Crippen LogP) is 5.01. The molecule has 2 rings (SSSR count). The molecule has 0 bridgehead atoms. The standard InChI is InChI=1S/C13H7Cl3O2/c14-8-2-4-12(16)10(6-8)9-5-7(13(17)18)1-3-11(9)15/h1-6H,(H,17,18). The Bertz CT molecular complexity index is 624. The number of benzene rings is 2. The van der Waals surface area contributed by atoms with Crippen molar-refractivity contribution in [1.82, 2.24) is 0 Å². The molecule has 0 fully saturated rings. The number of aromatic carboxylic acids is 1. The fraction of sp³-hybridized carbons (Fsp3) is 0. The van der Waals surface area contributed by atoms with Crippen molar-refractivity contribution in [3.8, 4) is 11.1 Å². The van der Waals surface area contributed by atoms with Gasteiger partial charge in [0.25, 0.3) is 0 Å². The van der Waals surface area contributed by atoms with Crippen molar-refractivity contribution in [1.29, 1.82) is 0 Å². The molecule has 0 aromatic heterocycles. The first kappa shape index (κ1) is 13.2. The van der Waals surface area contributed by atoms with Gasteiger partial charge in [-0.15, -0.1) is 0 Å². The molecule has 0 heterocycles. The summed E-state index contributed by atoms with van der Waals surface area (Å²) in [5.41, 5.74) is 1.30. The van der Waals surface area contributed by atoms with E-state index in [0.717, 1.165) is 0 Å². The van der Waals surface area contributed by atoms with Gasteiger partial charge in [0.15, 0.2) is 0 Å². The van der Waals surface area contributed by atoms with E-state index in [2.05, 4.69) is 0 Å². The van der Waals surface area contributed by atoms with E-state index in [1.54, 1.807) is 18.2 Å². The molecular formula is C13H7Cl3O2. The summed E-state index contributed by atoms with van der Waals surface area (Å²) in [6.45, 7) is 0. The molecule has 1 N–H and O–H groups in total. The number of rotatable bonds is 2. The van der Waals surface area contributed by atoms with Crippen LogP contribution < -0.4 is 0 Å². The van der Waals surface area contributed by atoms with Crippen LogP contribution in [0, 0.1) is 0 Å². The first-order valence-corrected chi connectivity index (χ1v) is 6.10. The Kier molecular flexibility index (Phi) is 3.81. The minimum Gasteiger partial charge on any atom is -0.478 e. The van der Waals surface area contributed by atoms with Gasteiger partial charge in [0, 0.05) is 26.2 Å². The van der Waals surface area contributed by atoms with Crippen LogP contribution in [0.5, 0.6) is 0 Å². The maximum atomic E-state index is 10.9. The van der Waals surface area contributed by atoms with Gasteiger partial charge in [0.1, 0.15) is 0 Å². The highest BCUT2D eigenvalue weighted by molar-refractivity contribution is 6.37. The van der Waals surface area contributed by atoms with E-state index >= 15 is 0 Å². The Morgan fingerprint density at radius 3 is 2.06 bits per heavy atom. The first-order chi connectivity index (χ1) is 8.49. The van der Waals surface area contributed by atoms with Crippen LogP contribution in [0.2, 0.25) is 15.1 Å². The van der Waals surface area contributed by atoms with E-state index in [1.807, 2.05) is 0 Å². The Morgan fingerprint density at radius 1 is 0.889 bits per heavy atom. The second kappa shape index (κ2) is 5.19. The second-order valence-corrected chi connectivity index (χ2v) is 4.87. The number of carboxylic acid groups (broad SMARTS) is 1. The molecule has 2 aromatic carbocycles. The van der Waals surface area contributed by atoms with Crippen molar-refractivity contribution >= 4 is 40.8 Å². The quantitative estimate of drug-likeness (QED) is 0.846. The van der Waals surface area contributed by atoms with Crippen molar-refractivity contribution in [3.05, 3.63) is 57.0 Å². The van der Waals surface area contributed by atoms with Crippen molar-refractivity contribution in [2.75, 3.05) is 0 Å². The van der Waals surface area contributed by atoms with Gasteiger partial charge in [0.05, 0.1) is 5.56 Å². The van der Waals surface area contributed by atoms with Crippen LogP contribution in [0.15, 0.2) is 36.4 Å². The molecule has 0 radical (unpaired) electrons. The summed E-state index contributed by atoms with van der Waals surface area (Å²) in [4.78, 5) is 10.9. The molecule has 2 aromatic rings. The summed E-state index contributed by atoms with van der Waals surface area (Å²) >= 11 is 18.0. The van der Waals surface area contributed by atoms with E-state index < -0.39 is 5.97 Å². The summed E-state index contributed by atoms with van der Waals surface area (Å²) in [5.74, 6) is -1.02. The van der Waals surface area contributed by atoms with Crippen LogP contribution in [0.3, 0.4) is 0 Å². The Morgan fingerprint density at radius 2 is 1.44 bits per heavy atom. The van der Waals surface area contributed by atoms with Crippen LogP contribution in [0.1, 0.15) is 10.4 Å². The lowest BCUT2D eigenvalue weighted by Gasteiger charge is -2.08. The molecule has 0 atom stereocenters. The first-order valence-electron chi connectivity index (χ1n) is 4.97. The summed E-state index contributed by atoms with van der Waals surface area (Å²) in [6.07, 6.45) is 0. The minimum absolute atomic E-state index is 0.144. The molecule has 0 aliphatic rings. The molecule has 92 valence electrons. The van der Waals surface area contributed by atoms with Gasteiger partial charge in [-0.1, -0.05) is 34.8 Å². The largest absolute Gasteiger partial charge is 0.478 e. The Labute approximate surface area is 119 Å². The monoisotopic (exact) mass is 300 g/mol. The fourth-order valence-electron chi connectivity index (χ4n) is 1.57. The zero-order valence-corrected chi connectivity index (χ0v) is 11.2. The smallest absolute Gasteiger partial charge is 0.335 e. The number of halogens is 3. The highest BCUT2D eigenvalue weighted by Crippen LogP contribution is 2.35. The normalized spacial score (nSPS) is 10.4. The number of hydrogen-bond donors (Lipinski definition) is 1. The maximum Gasteiger partial charge on any atom is 0.335 e. The van der Waals surface area contributed by atoms with Gasteiger partial charge >= 0.3 is 5.97 Å². The van der Waals surface area contributed by atoms with E-state index in [1.165, 1.54) is 18.2 Å². The van der Waals surface area contributed by atoms with E-state index in [0.29, 0.717) is 26.2 Å². The van der Waals surface area contributed by atoms with Gasteiger partial charge in [-0.3, -0.25) is 0 Å². The molecule has 18 heavy (non-hydrogen) atoms. The third-order valence-electron chi connectivity index (χ3n) is 2.43. The average Bonchev–Trinajstić information content (AvgIpc) is 2.33. The molecule has 0 aliphatic heterocycles. The summed E-state index contributed by atoms with van der Waals surface area (Å²) in [7, 11) is 0. The lowest BCUT2D eigenvalue weighted by Crippen LogP contribution is -1.96. The van der Waals surface area contributed by atoms with Crippen LogP contribution in [-0.4, -0.2) is 11.1 Å². The van der Waals surface area contributed by atoms with Crippen molar-refractivity contribution in [2.45, 2.75) is 0 Å². The summed E-state index contributed by atoms with van der Waals surface area (Å²) < 4.78 is 0. The van der Waals surface area contributed by atoms with Crippen molar-refractivity contribution < 1.29 is 9.90 Å². The molecule has 5 heteroatoms. The van der Waals surface area contributed by atoms with Gasteiger partial charge in [-0.25, -0.2) is 4.79 Å². The molecule has 0 unspecified atom stereocenters. The molecule has 0 amide bonds. The molecule has 0 spiro atoms. The average molecular weight is 302 g/mol. The number of carboxylic acids is 1. The van der Waals surface area contributed by atoms with E-state index in [9.17, 15) is 4.79 Å². The molecular weight excluding hydrogens is 294 g/mol. The van der Waals surface area contributed by atoms with Crippen molar-refractivity contribution in [3.63, 3.8) is 0 Å². The predicted molar refractivity (Wildman–Crippen MR) is 73.9 cm³/mol. The fourth-order valence-corrected chi connectivity index (χ4v) is 2.18. The second-order valence-electron chi connectivity index (χ2n) is 3.62. The zero-order valence-electron chi connectivity index (χ0n) is 8.95. The van der Waals surface area contributed by atoms with Crippen LogP contribution in [0.4, 0.5) is 0 Å². The third-order valence-corrected chi connectivity index (χ3v) is 3.33. The molecule has 2 nitrogen and oxygen atoms in total. The van der Waals surface area contributed by atoms with Crippen LogP contribution in [-0.2, 0) is 0 Å². The summed E-state index contributed by atoms with van der Waals surface area (Å²) in [5, 5.41) is 10.4. The maximum absolute atomic E-state index is 10.9. The van der Waals surface area contributed by atoms with Gasteiger partial charge in [-0.2, -0.15) is 0 Å². The topological polar surface area (TPSA) is 37.3 Å². The van der Waals surface area contributed by atoms with E-state index in [4.69, 9.17) is 39.9 Å². The van der Waals surface area contributed by atoms with E-state index in [-0.39, 0.29) is 5.56 Å². The van der Waals surface area contributed by atoms with Crippen LogP contribution in [0.25, 0.3) is 11.1 Å². The minimum atomic E-state index is -1.02. The number of hydrogen-bond acceptors (Lipinski definition) is 1. The van der Waals surface area contributed by atoms with Crippen LogP contribution >= 0.6 is 34.8 Å². The summed E-state index contributed by atoms with van der Waals surface area (Å²) in [6, 6.07) is 9.38. The van der Waals surface area contributed by atoms with Crippen molar-refractivity contribution in [2.24, 2.45) is 0 Å². The van der Waals surface area contributed by atoms with Gasteiger partial charge < -0.3 is 5.11 Å². The highest BCUT2D eigenvalue weighted by atomic mass is 35.5. The number of carbonyl (C=O) groups is 1. The molecule has 0 saturated carbocycles. The van der Waals surface area contributed by atoms with Gasteiger partial charge in [0.2, 0.25) is 0 Å². The Balaban J connectivity index is 2.66. The Hall–Kier alpha value is -1.22. The zero-order chi connectivity index (χ0) is 13.3. The molecule has 0 aliphatic carbocycles. The van der Waals surface area contributed by atoms with Gasteiger partial charge in [-0.05, 0) is 36.4 Å². The lowest BCUT2D eigenvalue weighted by molar-refractivity contribution is 0.0697.